The largest absolute Gasteiger partial charge is 0.460 e. The number of benzene rings is 1. The number of aromatic nitrogens is 2. The number of rotatable bonds is 7. The summed E-state index contributed by atoms with van der Waals surface area (Å²) in [6.07, 6.45) is 14.0. The van der Waals surface area contributed by atoms with E-state index in [4.69, 9.17) is 9.15 Å². The second-order valence-corrected chi connectivity index (χ2v) is 11.4. The van der Waals surface area contributed by atoms with Crippen LogP contribution >= 0.6 is 0 Å². The summed E-state index contributed by atoms with van der Waals surface area (Å²) in [6.45, 7) is 2.30. The fourth-order valence-electron chi connectivity index (χ4n) is 7.31. The Hall–Kier alpha value is -3.13. The first-order valence-corrected chi connectivity index (χ1v) is 14.9. The van der Waals surface area contributed by atoms with Gasteiger partial charge in [-0.2, -0.15) is 0 Å². The number of piperidine rings is 1. The molecule has 2 aliphatic heterocycles. The number of nitrogens with one attached hydrogen (secondary N) is 1. The number of nitrogens with zero attached hydrogens (tertiary/aromatic N) is 3. The van der Waals surface area contributed by atoms with Gasteiger partial charge in [-0.25, -0.2) is 9.78 Å². The highest BCUT2D eigenvalue weighted by atomic mass is 16.5. The van der Waals surface area contributed by atoms with E-state index in [9.17, 15) is 9.59 Å². The molecular weight excluding hydrogens is 492 g/mol. The Morgan fingerprint density at radius 3 is 2.41 bits per heavy atom. The minimum absolute atomic E-state index is 0.0883. The lowest BCUT2D eigenvalue weighted by molar-refractivity contribution is 0.0487. The Balaban J connectivity index is 1.24. The maximum atomic E-state index is 13.9. The van der Waals surface area contributed by atoms with Gasteiger partial charge in [0.2, 0.25) is 5.76 Å². The number of anilines is 1. The summed E-state index contributed by atoms with van der Waals surface area (Å²) in [6, 6.07) is 13.2. The van der Waals surface area contributed by atoms with Gasteiger partial charge in [-0.1, -0.05) is 44.2 Å². The van der Waals surface area contributed by atoms with Crippen LogP contribution in [0.3, 0.4) is 0 Å². The highest BCUT2D eigenvalue weighted by Crippen LogP contribution is 2.44. The van der Waals surface area contributed by atoms with Gasteiger partial charge in [0, 0.05) is 24.2 Å². The van der Waals surface area contributed by atoms with Crippen LogP contribution in [0, 0.1) is 0 Å². The van der Waals surface area contributed by atoms with Crippen LogP contribution in [-0.2, 0) is 11.3 Å². The first-order chi connectivity index (χ1) is 19.1. The van der Waals surface area contributed by atoms with E-state index in [0.717, 1.165) is 23.9 Å². The molecule has 208 valence electrons. The Bertz CT molecular complexity index is 1340. The topological polar surface area (TPSA) is 89.6 Å². The van der Waals surface area contributed by atoms with E-state index in [-0.39, 0.29) is 30.5 Å². The molecule has 1 N–H and O–H groups in total. The third kappa shape index (κ3) is 5.36. The summed E-state index contributed by atoms with van der Waals surface area (Å²) in [5, 5.41) is 3.20. The predicted octanol–water partition coefficient (Wildman–Crippen LogP) is 6.06. The van der Waals surface area contributed by atoms with E-state index in [1.165, 1.54) is 57.8 Å². The molecule has 0 amide bonds. The summed E-state index contributed by atoms with van der Waals surface area (Å²) in [4.78, 5) is 33.4. The van der Waals surface area contributed by atoms with Crippen molar-refractivity contribution in [3.63, 3.8) is 0 Å². The third-order valence-corrected chi connectivity index (χ3v) is 8.99. The van der Waals surface area contributed by atoms with Gasteiger partial charge in [0.25, 0.3) is 5.56 Å². The molecular formula is C31H40N4O4. The van der Waals surface area contributed by atoms with Gasteiger partial charge >= 0.3 is 5.97 Å². The Morgan fingerprint density at radius 2 is 1.67 bits per heavy atom. The molecule has 2 aromatic heterocycles. The molecule has 0 radical (unpaired) electrons. The zero-order chi connectivity index (χ0) is 26.8. The van der Waals surface area contributed by atoms with Crippen LogP contribution in [0.4, 0.5) is 5.82 Å². The lowest BCUT2D eigenvalue weighted by Crippen LogP contribution is -2.50. The van der Waals surface area contributed by atoms with Crippen molar-refractivity contribution in [3.05, 3.63) is 58.3 Å². The van der Waals surface area contributed by atoms with Crippen LogP contribution in [0.1, 0.15) is 99.9 Å². The van der Waals surface area contributed by atoms with Gasteiger partial charge in [-0.15, -0.1) is 0 Å². The monoisotopic (exact) mass is 532 g/mol. The van der Waals surface area contributed by atoms with E-state index in [1.807, 2.05) is 28.8 Å². The maximum absolute atomic E-state index is 13.9. The predicted molar refractivity (Wildman–Crippen MR) is 151 cm³/mol. The molecule has 3 fully saturated rings. The number of carbonyl (C=O) groups excluding carboxylic acids is 1. The first kappa shape index (κ1) is 26.1. The van der Waals surface area contributed by atoms with Crippen LogP contribution < -0.4 is 10.9 Å². The zero-order valence-electron chi connectivity index (χ0n) is 22.9. The van der Waals surface area contributed by atoms with Crippen LogP contribution in [0.15, 0.2) is 45.6 Å². The molecule has 4 heterocycles. The van der Waals surface area contributed by atoms with Crippen molar-refractivity contribution in [1.29, 1.82) is 0 Å². The van der Waals surface area contributed by atoms with Crippen LogP contribution in [-0.4, -0.2) is 45.2 Å². The second kappa shape index (κ2) is 11.5. The van der Waals surface area contributed by atoms with E-state index in [1.54, 1.807) is 19.1 Å². The lowest BCUT2D eigenvalue weighted by atomic mass is 9.89. The Kier molecular flexibility index (Phi) is 7.73. The number of fused-ring (bicyclic) bond motifs is 3. The van der Waals surface area contributed by atoms with Crippen LogP contribution in [0.5, 0.6) is 0 Å². The second-order valence-electron chi connectivity index (χ2n) is 11.4. The van der Waals surface area contributed by atoms with Crippen molar-refractivity contribution < 1.29 is 13.9 Å². The minimum atomic E-state index is -0.490. The maximum Gasteiger partial charge on any atom is 0.374 e. The van der Waals surface area contributed by atoms with Crippen molar-refractivity contribution >= 4 is 22.8 Å². The Labute approximate surface area is 229 Å². The summed E-state index contributed by atoms with van der Waals surface area (Å²) >= 11 is 0. The standard InChI is InChI=1S/C31H40N4O4/c1-2-38-31(37)28-17-16-25(39-28)20-32-29-30(36)35(27-13-9-8-12-26(27)33-29)24-18-22-14-15-23(19-24)34(22)21-10-6-4-3-5-7-11-21/h8-9,12-13,16-17,21-24H,2-7,10-11,14-15,18-20H2,1H3,(H,32,33)/t22-,23+,24?. The molecule has 39 heavy (non-hydrogen) atoms. The molecule has 8 heteroatoms. The number of para-hydroxylation sites is 2. The van der Waals surface area contributed by atoms with E-state index >= 15 is 0 Å². The summed E-state index contributed by atoms with van der Waals surface area (Å²) in [5.74, 6) is 0.529. The lowest BCUT2D eigenvalue weighted by Gasteiger charge is -2.45. The van der Waals surface area contributed by atoms with Gasteiger partial charge < -0.3 is 19.0 Å². The molecule has 3 atom stereocenters. The summed E-state index contributed by atoms with van der Waals surface area (Å²) in [7, 11) is 0. The van der Waals surface area contributed by atoms with Gasteiger partial charge in [-0.3, -0.25) is 9.69 Å². The van der Waals surface area contributed by atoms with Gasteiger partial charge in [0.05, 0.1) is 24.2 Å². The average molecular weight is 533 g/mol. The number of hydrogen-bond donors (Lipinski definition) is 1. The van der Waals surface area contributed by atoms with Crippen molar-refractivity contribution in [2.75, 3.05) is 11.9 Å². The summed E-state index contributed by atoms with van der Waals surface area (Å²) in [5.41, 5.74) is 1.62. The first-order valence-electron chi connectivity index (χ1n) is 14.9. The van der Waals surface area contributed by atoms with Crippen molar-refractivity contribution in [3.8, 4) is 0 Å². The van der Waals surface area contributed by atoms with Crippen molar-refractivity contribution in [2.24, 2.45) is 0 Å². The highest BCUT2D eigenvalue weighted by molar-refractivity contribution is 5.86. The number of carbonyl (C=O) groups is 1. The van der Waals surface area contributed by atoms with Gasteiger partial charge in [-0.05, 0) is 69.7 Å². The average Bonchev–Trinajstić information content (AvgIpc) is 3.49. The molecule has 0 spiro atoms. The van der Waals surface area contributed by atoms with E-state index in [2.05, 4.69) is 15.2 Å². The number of ether oxygens (including phenoxy) is 1. The molecule has 2 saturated heterocycles. The van der Waals surface area contributed by atoms with Crippen LogP contribution in [0.2, 0.25) is 0 Å². The van der Waals surface area contributed by atoms with Gasteiger partial charge in [0.1, 0.15) is 5.76 Å². The zero-order valence-corrected chi connectivity index (χ0v) is 22.9. The SMILES string of the molecule is CCOC(=O)c1ccc(CNc2nc3ccccc3n(C3C[C@H]4CC[C@@H](C3)N4C3CCCCCCC3)c2=O)o1. The molecule has 1 aliphatic carbocycles. The third-order valence-electron chi connectivity index (χ3n) is 8.99. The van der Waals surface area contributed by atoms with Crippen molar-refractivity contribution in [1.82, 2.24) is 14.5 Å². The fourth-order valence-corrected chi connectivity index (χ4v) is 7.31. The smallest absolute Gasteiger partial charge is 0.374 e. The van der Waals surface area contributed by atoms with Crippen LogP contribution in [0.25, 0.3) is 11.0 Å². The Morgan fingerprint density at radius 1 is 0.949 bits per heavy atom. The van der Waals surface area contributed by atoms with E-state index < -0.39 is 5.97 Å². The summed E-state index contributed by atoms with van der Waals surface area (Å²) < 4.78 is 12.7. The van der Waals surface area contributed by atoms with Crippen molar-refractivity contribution in [2.45, 2.75) is 108 Å². The molecule has 1 aromatic carbocycles. The number of furan rings is 1. The van der Waals surface area contributed by atoms with Gasteiger partial charge in [0.15, 0.2) is 5.82 Å². The molecule has 8 nitrogen and oxygen atoms in total. The molecule has 2 bridgehead atoms. The van der Waals surface area contributed by atoms with E-state index in [0.29, 0.717) is 29.7 Å². The molecule has 3 aliphatic rings. The number of hydrogen-bond acceptors (Lipinski definition) is 7. The molecule has 1 unspecified atom stereocenters. The quantitative estimate of drug-likeness (QED) is 0.370. The minimum Gasteiger partial charge on any atom is -0.460 e. The molecule has 1 saturated carbocycles. The molecule has 6 rings (SSSR count). The molecule has 3 aromatic rings. The fraction of sp³-hybridized carbons (Fsp3) is 0.581. The normalized spacial score (nSPS) is 24.4. The number of esters is 1. The highest BCUT2D eigenvalue weighted by Gasteiger charge is 2.44.